The first-order chi connectivity index (χ1) is 9.76. The molecule has 0 spiro atoms. The number of aromatic nitrogens is 1. The van der Waals surface area contributed by atoms with Crippen molar-refractivity contribution in [2.75, 3.05) is 19.8 Å². The molecule has 0 aliphatic carbocycles. The molecule has 1 fully saturated rings. The Morgan fingerprint density at radius 1 is 1.45 bits per heavy atom. The van der Waals surface area contributed by atoms with Crippen LogP contribution in [0.25, 0.3) is 0 Å². The summed E-state index contributed by atoms with van der Waals surface area (Å²) in [4.78, 5) is 4.31. The van der Waals surface area contributed by atoms with Crippen molar-refractivity contribution in [1.82, 2.24) is 10.3 Å². The monoisotopic (exact) mass is 278 g/mol. The largest absolute Gasteiger partial charge is 0.492 e. The molecule has 1 saturated heterocycles. The smallest absolute Gasteiger partial charge is 0.137 e. The van der Waals surface area contributed by atoms with Crippen LogP contribution < -0.4 is 10.1 Å². The van der Waals surface area contributed by atoms with Gasteiger partial charge in [0.25, 0.3) is 0 Å². The van der Waals surface area contributed by atoms with Crippen LogP contribution in [-0.4, -0.2) is 30.8 Å². The molecule has 2 rings (SSSR count). The maximum absolute atomic E-state index is 5.95. The van der Waals surface area contributed by atoms with E-state index in [0.29, 0.717) is 12.5 Å². The minimum Gasteiger partial charge on any atom is -0.492 e. The van der Waals surface area contributed by atoms with Gasteiger partial charge in [-0.15, -0.1) is 0 Å². The van der Waals surface area contributed by atoms with Gasteiger partial charge < -0.3 is 14.8 Å². The minimum atomic E-state index is 0.195. The van der Waals surface area contributed by atoms with Crippen molar-refractivity contribution in [3.8, 4) is 5.75 Å². The van der Waals surface area contributed by atoms with E-state index in [1.165, 1.54) is 0 Å². The number of rotatable bonds is 7. The van der Waals surface area contributed by atoms with Gasteiger partial charge in [-0.25, -0.2) is 0 Å². The van der Waals surface area contributed by atoms with Crippen LogP contribution in [0.1, 0.15) is 45.2 Å². The Morgan fingerprint density at radius 2 is 2.30 bits per heavy atom. The molecule has 3 atom stereocenters. The van der Waals surface area contributed by atoms with Gasteiger partial charge in [-0.05, 0) is 43.9 Å². The Kier molecular flexibility index (Phi) is 5.80. The highest BCUT2D eigenvalue weighted by molar-refractivity contribution is 5.27. The summed E-state index contributed by atoms with van der Waals surface area (Å²) >= 11 is 0. The third kappa shape index (κ3) is 3.70. The summed E-state index contributed by atoms with van der Waals surface area (Å²) in [7, 11) is 0. The molecule has 0 aromatic carbocycles. The van der Waals surface area contributed by atoms with Gasteiger partial charge in [0.2, 0.25) is 0 Å². The normalized spacial score (nSPS) is 23.8. The summed E-state index contributed by atoms with van der Waals surface area (Å²) in [6.45, 7) is 8.93. The number of hydrogen-bond acceptors (Lipinski definition) is 4. The molecule has 3 unspecified atom stereocenters. The highest BCUT2D eigenvalue weighted by Gasteiger charge is 2.33. The third-order valence-corrected chi connectivity index (χ3v) is 3.79. The molecule has 1 aliphatic heterocycles. The predicted molar refractivity (Wildman–Crippen MR) is 80.0 cm³/mol. The Morgan fingerprint density at radius 3 is 2.95 bits per heavy atom. The molecule has 0 amide bonds. The predicted octanol–water partition coefficient (Wildman–Crippen LogP) is 2.95. The van der Waals surface area contributed by atoms with E-state index >= 15 is 0 Å². The van der Waals surface area contributed by atoms with Gasteiger partial charge in [-0.3, -0.25) is 4.98 Å². The number of ether oxygens (including phenoxy) is 2. The van der Waals surface area contributed by atoms with Gasteiger partial charge in [-0.1, -0.05) is 13.8 Å². The number of nitrogens with one attached hydrogen (secondary N) is 1. The molecule has 1 aliphatic rings. The van der Waals surface area contributed by atoms with E-state index in [2.05, 4.69) is 30.2 Å². The van der Waals surface area contributed by atoms with Crippen LogP contribution in [0.15, 0.2) is 18.5 Å². The Bertz CT molecular complexity index is 411. The summed E-state index contributed by atoms with van der Waals surface area (Å²) < 4.78 is 11.5. The van der Waals surface area contributed by atoms with E-state index in [4.69, 9.17) is 9.47 Å². The fourth-order valence-electron chi connectivity index (χ4n) is 2.72. The fraction of sp³-hybridized carbons (Fsp3) is 0.688. The number of nitrogens with zero attached hydrogens (tertiary/aromatic N) is 1. The summed E-state index contributed by atoms with van der Waals surface area (Å²) in [6.07, 6.45) is 6.15. The van der Waals surface area contributed by atoms with Crippen LogP contribution in [-0.2, 0) is 4.74 Å². The molecule has 1 aromatic heterocycles. The van der Waals surface area contributed by atoms with E-state index in [1.807, 2.05) is 13.1 Å². The summed E-state index contributed by atoms with van der Waals surface area (Å²) in [5, 5.41) is 3.61. The molecule has 1 aromatic rings. The molecule has 0 radical (unpaired) electrons. The van der Waals surface area contributed by atoms with Gasteiger partial charge in [0.15, 0.2) is 0 Å². The first-order valence-electron chi connectivity index (χ1n) is 7.69. The van der Waals surface area contributed by atoms with Crippen molar-refractivity contribution in [3.63, 3.8) is 0 Å². The van der Waals surface area contributed by atoms with Crippen molar-refractivity contribution in [2.45, 2.75) is 45.8 Å². The van der Waals surface area contributed by atoms with Crippen molar-refractivity contribution in [3.05, 3.63) is 24.0 Å². The average Bonchev–Trinajstić information content (AvgIpc) is 2.87. The van der Waals surface area contributed by atoms with Crippen molar-refractivity contribution in [1.29, 1.82) is 0 Å². The van der Waals surface area contributed by atoms with Crippen LogP contribution in [0.2, 0.25) is 0 Å². The number of pyridine rings is 1. The average molecular weight is 278 g/mol. The molecule has 0 bridgehead atoms. The maximum Gasteiger partial charge on any atom is 0.137 e. The zero-order valence-corrected chi connectivity index (χ0v) is 12.8. The molecular formula is C16H26N2O2. The zero-order chi connectivity index (χ0) is 14.4. The van der Waals surface area contributed by atoms with Gasteiger partial charge in [0.1, 0.15) is 5.75 Å². The van der Waals surface area contributed by atoms with Gasteiger partial charge in [-0.2, -0.15) is 0 Å². The van der Waals surface area contributed by atoms with E-state index in [0.717, 1.165) is 37.3 Å². The second kappa shape index (κ2) is 7.60. The van der Waals surface area contributed by atoms with Crippen molar-refractivity contribution in [2.24, 2.45) is 5.92 Å². The zero-order valence-electron chi connectivity index (χ0n) is 12.8. The second-order valence-electron chi connectivity index (χ2n) is 5.42. The molecule has 0 saturated carbocycles. The first-order valence-corrected chi connectivity index (χ1v) is 7.69. The highest BCUT2D eigenvalue weighted by Crippen LogP contribution is 2.32. The SMILES string of the molecule is CCCNC(c1cncc(OCC)c1)C1OCCC1C. The summed E-state index contributed by atoms with van der Waals surface area (Å²) in [5.41, 5.74) is 1.16. The van der Waals surface area contributed by atoms with Crippen LogP contribution in [0.4, 0.5) is 0 Å². The Balaban J connectivity index is 2.18. The van der Waals surface area contributed by atoms with Gasteiger partial charge in [0.05, 0.1) is 24.9 Å². The molecule has 2 heterocycles. The third-order valence-electron chi connectivity index (χ3n) is 3.79. The molecular weight excluding hydrogens is 252 g/mol. The lowest BCUT2D eigenvalue weighted by molar-refractivity contribution is 0.0605. The molecule has 4 nitrogen and oxygen atoms in total. The van der Waals surface area contributed by atoms with E-state index < -0.39 is 0 Å². The van der Waals surface area contributed by atoms with Crippen molar-refractivity contribution < 1.29 is 9.47 Å². The lowest BCUT2D eigenvalue weighted by Gasteiger charge is -2.27. The topological polar surface area (TPSA) is 43.4 Å². The second-order valence-corrected chi connectivity index (χ2v) is 5.42. The standard InChI is InChI=1S/C16H26N2O2/c1-4-7-18-15(16-12(3)6-8-20-16)13-9-14(19-5-2)11-17-10-13/h9-12,15-16,18H,4-8H2,1-3H3. The lowest BCUT2D eigenvalue weighted by Crippen LogP contribution is -2.35. The van der Waals surface area contributed by atoms with E-state index in [9.17, 15) is 0 Å². The highest BCUT2D eigenvalue weighted by atomic mass is 16.5. The quantitative estimate of drug-likeness (QED) is 0.833. The molecule has 4 heteroatoms. The maximum atomic E-state index is 5.95. The molecule has 112 valence electrons. The van der Waals surface area contributed by atoms with Crippen LogP contribution >= 0.6 is 0 Å². The van der Waals surface area contributed by atoms with Crippen LogP contribution in [0.5, 0.6) is 5.75 Å². The molecule has 20 heavy (non-hydrogen) atoms. The lowest BCUT2D eigenvalue weighted by atomic mass is 9.93. The fourth-order valence-corrected chi connectivity index (χ4v) is 2.72. The van der Waals surface area contributed by atoms with E-state index in [1.54, 1.807) is 6.20 Å². The summed E-state index contributed by atoms with van der Waals surface area (Å²) in [6, 6.07) is 2.28. The van der Waals surface area contributed by atoms with Crippen LogP contribution in [0, 0.1) is 5.92 Å². The Labute approximate surface area is 121 Å². The van der Waals surface area contributed by atoms with Gasteiger partial charge in [0, 0.05) is 12.8 Å². The molecule has 1 N–H and O–H groups in total. The first kappa shape index (κ1) is 15.3. The minimum absolute atomic E-state index is 0.195. The number of hydrogen-bond donors (Lipinski definition) is 1. The van der Waals surface area contributed by atoms with Crippen LogP contribution in [0.3, 0.4) is 0 Å². The Hall–Kier alpha value is -1.13. The van der Waals surface area contributed by atoms with E-state index in [-0.39, 0.29) is 12.1 Å². The summed E-state index contributed by atoms with van der Waals surface area (Å²) in [5.74, 6) is 1.40. The van der Waals surface area contributed by atoms with Gasteiger partial charge >= 0.3 is 0 Å². The van der Waals surface area contributed by atoms with Crippen molar-refractivity contribution >= 4 is 0 Å².